The molecular formula is C13H27ClN2O. The highest BCUT2D eigenvalue weighted by Crippen LogP contribution is 2.18. The minimum Gasteiger partial charge on any atom is -0.381 e. The third-order valence-corrected chi connectivity index (χ3v) is 4.08. The van der Waals surface area contributed by atoms with Crippen molar-refractivity contribution in [1.82, 2.24) is 10.2 Å². The smallest absolute Gasteiger partial charge is 0.0495 e. The van der Waals surface area contributed by atoms with Crippen molar-refractivity contribution in [2.45, 2.75) is 38.1 Å². The summed E-state index contributed by atoms with van der Waals surface area (Å²) in [6, 6.07) is 0.803. The Morgan fingerprint density at radius 2 is 2.12 bits per heavy atom. The predicted molar refractivity (Wildman–Crippen MR) is 73.9 cm³/mol. The van der Waals surface area contributed by atoms with E-state index in [4.69, 9.17) is 4.74 Å². The Morgan fingerprint density at radius 1 is 1.24 bits per heavy atom. The first kappa shape index (κ1) is 15.2. The maximum Gasteiger partial charge on any atom is 0.0495 e. The maximum absolute atomic E-state index is 5.43. The largest absolute Gasteiger partial charge is 0.381 e. The summed E-state index contributed by atoms with van der Waals surface area (Å²) in [6.07, 6.45) is 6.62. The number of nitrogens with one attached hydrogen (secondary N) is 1. The number of ether oxygens (including phenoxy) is 1. The van der Waals surface area contributed by atoms with Crippen molar-refractivity contribution >= 4 is 12.4 Å². The van der Waals surface area contributed by atoms with E-state index in [1.807, 2.05) is 0 Å². The van der Waals surface area contributed by atoms with E-state index in [0.717, 1.165) is 25.2 Å². The number of halogens is 1. The van der Waals surface area contributed by atoms with Crippen LogP contribution in [0.2, 0.25) is 0 Å². The van der Waals surface area contributed by atoms with Crippen molar-refractivity contribution in [3.05, 3.63) is 0 Å². The summed E-state index contributed by atoms with van der Waals surface area (Å²) in [4.78, 5) is 2.57. The van der Waals surface area contributed by atoms with Gasteiger partial charge in [0.2, 0.25) is 0 Å². The first-order chi connectivity index (χ1) is 7.86. The van der Waals surface area contributed by atoms with Crippen LogP contribution in [-0.4, -0.2) is 50.8 Å². The first-order valence-corrected chi connectivity index (χ1v) is 6.85. The highest BCUT2D eigenvalue weighted by atomic mass is 35.5. The van der Waals surface area contributed by atoms with Gasteiger partial charge in [-0.2, -0.15) is 0 Å². The van der Waals surface area contributed by atoms with Crippen LogP contribution in [0.5, 0.6) is 0 Å². The fourth-order valence-electron chi connectivity index (χ4n) is 2.82. The fourth-order valence-corrected chi connectivity index (χ4v) is 2.82. The first-order valence-electron chi connectivity index (χ1n) is 6.85. The van der Waals surface area contributed by atoms with Crippen LogP contribution in [0, 0.1) is 5.92 Å². The SMILES string of the molecule is CN(CCC1CCOC1)C1CCCNCC1.Cl. The summed E-state index contributed by atoms with van der Waals surface area (Å²) in [7, 11) is 2.30. The zero-order valence-corrected chi connectivity index (χ0v) is 11.8. The van der Waals surface area contributed by atoms with Gasteiger partial charge < -0.3 is 15.0 Å². The second-order valence-corrected chi connectivity index (χ2v) is 5.33. The monoisotopic (exact) mass is 262 g/mol. The standard InChI is InChI=1S/C13H26N2O.ClH/c1-15(9-5-12-6-10-16-11-12)13-3-2-7-14-8-4-13;/h12-14H,2-11H2,1H3;1H. The molecule has 2 rings (SSSR count). The second kappa shape index (κ2) is 8.30. The van der Waals surface area contributed by atoms with Crippen LogP contribution in [0.15, 0.2) is 0 Å². The van der Waals surface area contributed by atoms with E-state index in [2.05, 4.69) is 17.3 Å². The lowest BCUT2D eigenvalue weighted by Gasteiger charge is -2.27. The zero-order chi connectivity index (χ0) is 11.2. The molecule has 2 aliphatic rings. The molecule has 2 saturated heterocycles. The molecule has 4 heteroatoms. The van der Waals surface area contributed by atoms with Crippen molar-refractivity contribution in [2.75, 3.05) is 39.9 Å². The van der Waals surface area contributed by atoms with Gasteiger partial charge in [0.05, 0.1) is 0 Å². The van der Waals surface area contributed by atoms with E-state index in [9.17, 15) is 0 Å². The van der Waals surface area contributed by atoms with Crippen molar-refractivity contribution in [3.63, 3.8) is 0 Å². The van der Waals surface area contributed by atoms with Crippen LogP contribution in [0.1, 0.15) is 32.1 Å². The Hall–Kier alpha value is 0.170. The average Bonchev–Trinajstić information content (AvgIpc) is 2.66. The Bertz CT molecular complexity index is 190. The summed E-state index contributed by atoms with van der Waals surface area (Å²) >= 11 is 0. The number of rotatable bonds is 4. The van der Waals surface area contributed by atoms with Gasteiger partial charge in [0, 0.05) is 19.3 Å². The second-order valence-electron chi connectivity index (χ2n) is 5.33. The van der Waals surface area contributed by atoms with E-state index in [1.165, 1.54) is 51.7 Å². The Kier molecular flexibility index (Phi) is 7.44. The van der Waals surface area contributed by atoms with Gasteiger partial charge >= 0.3 is 0 Å². The lowest BCUT2D eigenvalue weighted by atomic mass is 10.0. The molecule has 0 radical (unpaired) electrons. The van der Waals surface area contributed by atoms with Crippen molar-refractivity contribution in [3.8, 4) is 0 Å². The zero-order valence-electron chi connectivity index (χ0n) is 11.0. The Morgan fingerprint density at radius 3 is 2.88 bits per heavy atom. The van der Waals surface area contributed by atoms with E-state index < -0.39 is 0 Å². The Labute approximate surface area is 112 Å². The molecule has 2 heterocycles. The normalized spacial score (nSPS) is 30.0. The summed E-state index contributed by atoms with van der Waals surface area (Å²) in [5.41, 5.74) is 0. The van der Waals surface area contributed by atoms with Gasteiger partial charge in [0.25, 0.3) is 0 Å². The third kappa shape index (κ3) is 5.12. The molecule has 0 spiro atoms. The summed E-state index contributed by atoms with van der Waals surface area (Å²) in [6.45, 7) is 5.64. The molecule has 0 aromatic rings. The van der Waals surface area contributed by atoms with Crippen molar-refractivity contribution in [1.29, 1.82) is 0 Å². The summed E-state index contributed by atoms with van der Waals surface area (Å²) in [5.74, 6) is 0.825. The van der Waals surface area contributed by atoms with Gasteiger partial charge in [0.1, 0.15) is 0 Å². The molecule has 1 N–H and O–H groups in total. The third-order valence-electron chi connectivity index (χ3n) is 4.08. The molecule has 2 aliphatic heterocycles. The number of nitrogens with zero attached hydrogens (tertiary/aromatic N) is 1. The molecule has 3 nitrogen and oxygen atoms in total. The van der Waals surface area contributed by atoms with Crippen LogP contribution in [-0.2, 0) is 4.74 Å². The van der Waals surface area contributed by atoms with E-state index in [0.29, 0.717) is 0 Å². The van der Waals surface area contributed by atoms with Crippen LogP contribution in [0.3, 0.4) is 0 Å². The molecule has 17 heavy (non-hydrogen) atoms. The molecule has 0 amide bonds. The Balaban J connectivity index is 0.00000144. The molecule has 0 aliphatic carbocycles. The average molecular weight is 263 g/mol. The van der Waals surface area contributed by atoms with Crippen molar-refractivity contribution < 1.29 is 4.74 Å². The highest BCUT2D eigenvalue weighted by Gasteiger charge is 2.20. The van der Waals surface area contributed by atoms with Gasteiger partial charge in [-0.3, -0.25) is 0 Å². The molecule has 0 bridgehead atoms. The molecule has 2 fully saturated rings. The summed E-state index contributed by atoms with van der Waals surface area (Å²) < 4.78 is 5.43. The number of hydrogen-bond donors (Lipinski definition) is 1. The molecule has 2 atom stereocenters. The van der Waals surface area contributed by atoms with Crippen LogP contribution in [0.4, 0.5) is 0 Å². The minimum atomic E-state index is 0. The van der Waals surface area contributed by atoms with Gasteiger partial charge in [-0.05, 0) is 64.7 Å². The van der Waals surface area contributed by atoms with Gasteiger partial charge in [-0.1, -0.05) is 0 Å². The van der Waals surface area contributed by atoms with E-state index >= 15 is 0 Å². The maximum atomic E-state index is 5.43. The van der Waals surface area contributed by atoms with Crippen LogP contribution >= 0.6 is 12.4 Å². The van der Waals surface area contributed by atoms with Crippen LogP contribution < -0.4 is 5.32 Å². The molecule has 0 aromatic carbocycles. The fraction of sp³-hybridized carbons (Fsp3) is 1.00. The lowest BCUT2D eigenvalue weighted by Crippen LogP contribution is -2.34. The lowest BCUT2D eigenvalue weighted by molar-refractivity contribution is 0.172. The number of hydrogen-bond acceptors (Lipinski definition) is 3. The molecule has 2 unspecified atom stereocenters. The van der Waals surface area contributed by atoms with Crippen LogP contribution in [0.25, 0.3) is 0 Å². The van der Waals surface area contributed by atoms with Crippen molar-refractivity contribution in [2.24, 2.45) is 5.92 Å². The van der Waals surface area contributed by atoms with E-state index in [-0.39, 0.29) is 12.4 Å². The van der Waals surface area contributed by atoms with Gasteiger partial charge in [-0.25, -0.2) is 0 Å². The quantitative estimate of drug-likeness (QED) is 0.838. The minimum absolute atomic E-state index is 0. The predicted octanol–water partition coefficient (Wildman–Crippen LogP) is 1.91. The molecular weight excluding hydrogens is 236 g/mol. The topological polar surface area (TPSA) is 24.5 Å². The van der Waals surface area contributed by atoms with Gasteiger partial charge in [0.15, 0.2) is 0 Å². The van der Waals surface area contributed by atoms with E-state index in [1.54, 1.807) is 0 Å². The molecule has 102 valence electrons. The summed E-state index contributed by atoms with van der Waals surface area (Å²) in [5, 5.41) is 3.48. The molecule has 0 saturated carbocycles. The molecule has 0 aromatic heterocycles. The van der Waals surface area contributed by atoms with Gasteiger partial charge in [-0.15, -0.1) is 12.4 Å². The highest BCUT2D eigenvalue weighted by molar-refractivity contribution is 5.85.